The standard InChI is InChI=1S/C26H24Cl2N2O5/c1-16-11-17(2)13-21(12-16)35-20-6-4-19(5-7-20)29-24(31)9-10-26(33)34-15-25(32)30-23-14-18(27)3-8-22(23)28/h3-8,11-14H,9-10,15H2,1-2H3,(H,29,31)(H,30,32). The number of carbonyl (C=O) groups is 3. The Kier molecular flexibility index (Phi) is 9.11. The molecule has 0 spiro atoms. The molecule has 3 rings (SSSR count). The van der Waals surface area contributed by atoms with Crippen LogP contribution in [0, 0.1) is 13.8 Å². The van der Waals surface area contributed by atoms with Crippen LogP contribution in [0.15, 0.2) is 60.7 Å². The highest BCUT2D eigenvalue weighted by atomic mass is 35.5. The van der Waals surface area contributed by atoms with E-state index in [2.05, 4.69) is 16.7 Å². The van der Waals surface area contributed by atoms with Gasteiger partial charge in [-0.1, -0.05) is 29.3 Å². The molecule has 3 aromatic rings. The van der Waals surface area contributed by atoms with E-state index in [1.54, 1.807) is 30.3 Å². The summed E-state index contributed by atoms with van der Waals surface area (Å²) in [6, 6.07) is 17.4. The summed E-state index contributed by atoms with van der Waals surface area (Å²) in [6.45, 7) is 3.49. The summed E-state index contributed by atoms with van der Waals surface area (Å²) < 4.78 is 10.8. The molecule has 35 heavy (non-hydrogen) atoms. The number of halogens is 2. The summed E-state index contributed by atoms with van der Waals surface area (Å²) in [5.41, 5.74) is 3.08. The lowest BCUT2D eigenvalue weighted by molar-refractivity contribution is -0.147. The van der Waals surface area contributed by atoms with Gasteiger partial charge in [-0.2, -0.15) is 0 Å². The normalized spacial score (nSPS) is 10.4. The average molecular weight is 515 g/mol. The third-order valence-corrected chi connectivity index (χ3v) is 5.26. The van der Waals surface area contributed by atoms with Gasteiger partial charge in [-0.15, -0.1) is 0 Å². The van der Waals surface area contributed by atoms with Crippen LogP contribution < -0.4 is 15.4 Å². The number of benzene rings is 3. The maximum absolute atomic E-state index is 12.2. The van der Waals surface area contributed by atoms with Gasteiger partial charge < -0.3 is 20.1 Å². The number of amides is 2. The molecular formula is C26H24Cl2N2O5. The first kappa shape index (κ1) is 26.1. The second-order valence-corrected chi connectivity index (χ2v) is 8.67. The molecule has 9 heteroatoms. The molecule has 0 saturated carbocycles. The molecule has 0 aliphatic rings. The smallest absolute Gasteiger partial charge is 0.306 e. The van der Waals surface area contributed by atoms with Crippen LogP contribution in [-0.4, -0.2) is 24.4 Å². The maximum atomic E-state index is 12.2. The molecule has 0 aromatic heterocycles. The molecule has 0 bridgehead atoms. The Morgan fingerprint density at radius 2 is 1.46 bits per heavy atom. The van der Waals surface area contributed by atoms with Gasteiger partial charge in [0.1, 0.15) is 11.5 Å². The molecule has 7 nitrogen and oxygen atoms in total. The lowest BCUT2D eigenvalue weighted by atomic mass is 10.1. The summed E-state index contributed by atoms with van der Waals surface area (Å²) in [6.07, 6.45) is -0.271. The van der Waals surface area contributed by atoms with Crippen molar-refractivity contribution in [3.8, 4) is 11.5 Å². The first-order valence-electron chi connectivity index (χ1n) is 10.7. The molecule has 0 radical (unpaired) electrons. The molecule has 0 unspecified atom stereocenters. The maximum Gasteiger partial charge on any atom is 0.306 e. The Morgan fingerprint density at radius 1 is 0.771 bits per heavy atom. The number of rotatable bonds is 9. The van der Waals surface area contributed by atoms with Crippen molar-refractivity contribution in [3.63, 3.8) is 0 Å². The van der Waals surface area contributed by atoms with Crippen LogP contribution in [0.2, 0.25) is 10.0 Å². The minimum absolute atomic E-state index is 0.0958. The third-order valence-electron chi connectivity index (χ3n) is 4.69. The van der Waals surface area contributed by atoms with Crippen molar-refractivity contribution in [2.75, 3.05) is 17.2 Å². The van der Waals surface area contributed by atoms with Crippen LogP contribution in [0.25, 0.3) is 0 Å². The highest BCUT2D eigenvalue weighted by Gasteiger charge is 2.12. The van der Waals surface area contributed by atoms with Gasteiger partial charge in [0.25, 0.3) is 5.91 Å². The largest absolute Gasteiger partial charge is 0.457 e. The van der Waals surface area contributed by atoms with Gasteiger partial charge in [0.05, 0.1) is 17.1 Å². The zero-order valence-electron chi connectivity index (χ0n) is 19.2. The Hall–Kier alpha value is -3.55. The number of aryl methyl sites for hydroxylation is 2. The molecule has 0 aliphatic heterocycles. The monoisotopic (exact) mass is 514 g/mol. The second-order valence-electron chi connectivity index (χ2n) is 7.83. The van der Waals surface area contributed by atoms with Crippen LogP contribution in [0.4, 0.5) is 11.4 Å². The Balaban J connectivity index is 1.39. The van der Waals surface area contributed by atoms with E-state index in [4.69, 9.17) is 32.7 Å². The van der Waals surface area contributed by atoms with Gasteiger partial charge in [-0.25, -0.2) is 0 Å². The molecule has 0 heterocycles. The zero-order chi connectivity index (χ0) is 25.4. The van der Waals surface area contributed by atoms with Gasteiger partial charge in [0.15, 0.2) is 6.61 Å². The van der Waals surface area contributed by atoms with Gasteiger partial charge in [0, 0.05) is 17.1 Å². The number of nitrogens with one attached hydrogen (secondary N) is 2. The van der Waals surface area contributed by atoms with Crippen molar-refractivity contribution in [2.24, 2.45) is 0 Å². The first-order valence-corrected chi connectivity index (χ1v) is 11.5. The Labute approximate surface area is 213 Å². The van der Waals surface area contributed by atoms with E-state index < -0.39 is 18.5 Å². The lowest BCUT2D eigenvalue weighted by Gasteiger charge is -2.10. The SMILES string of the molecule is Cc1cc(C)cc(Oc2ccc(NC(=O)CCC(=O)OCC(=O)Nc3cc(Cl)ccc3Cl)cc2)c1. The van der Waals surface area contributed by atoms with E-state index in [-0.39, 0.29) is 18.7 Å². The predicted octanol–water partition coefficient (Wildman–Crippen LogP) is 6.30. The summed E-state index contributed by atoms with van der Waals surface area (Å²) in [5, 5.41) is 5.91. The topological polar surface area (TPSA) is 93.7 Å². The van der Waals surface area contributed by atoms with E-state index in [9.17, 15) is 14.4 Å². The molecule has 0 fully saturated rings. The molecule has 0 aliphatic carbocycles. The Bertz CT molecular complexity index is 1210. The fraction of sp³-hybridized carbons (Fsp3) is 0.192. The van der Waals surface area contributed by atoms with E-state index in [0.717, 1.165) is 16.9 Å². The summed E-state index contributed by atoms with van der Waals surface area (Å²) >= 11 is 11.8. The van der Waals surface area contributed by atoms with Crippen molar-refractivity contribution in [3.05, 3.63) is 81.8 Å². The molecule has 0 saturated heterocycles. The van der Waals surface area contributed by atoms with Gasteiger partial charge in [0.2, 0.25) is 5.91 Å². The molecular weight excluding hydrogens is 491 g/mol. The van der Waals surface area contributed by atoms with Crippen molar-refractivity contribution >= 4 is 52.4 Å². The number of esters is 1. The highest BCUT2D eigenvalue weighted by Crippen LogP contribution is 2.26. The summed E-state index contributed by atoms with van der Waals surface area (Å²) in [7, 11) is 0. The van der Waals surface area contributed by atoms with Gasteiger partial charge in [-0.05, 0) is 79.6 Å². The number of hydrogen-bond acceptors (Lipinski definition) is 5. The van der Waals surface area contributed by atoms with Crippen LogP contribution in [-0.2, 0) is 19.1 Å². The van der Waals surface area contributed by atoms with Gasteiger partial charge in [-0.3, -0.25) is 14.4 Å². The lowest BCUT2D eigenvalue weighted by Crippen LogP contribution is -2.22. The van der Waals surface area contributed by atoms with Crippen LogP contribution in [0.3, 0.4) is 0 Å². The predicted molar refractivity (Wildman–Crippen MR) is 136 cm³/mol. The number of hydrogen-bond donors (Lipinski definition) is 2. The van der Waals surface area contributed by atoms with E-state index in [1.807, 2.05) is 26.0 Å². The average Bonchev–Trinajstić information content (AvgIpc) is 2.79. The second kappa shape index (κ2) is 12.2. The fourth-order valence-corrected chi connectivity index (χ4v) is 3.51. The number of anilines is 2. The van der Waals surface area contributed by atoms with Crippen LogP contribution in [0.1, 0.15) is 24.0 Å². The minimum atomic E-state index is -0.676. The quantitative estimate of drug-likeness (QED) is 0.326. The van der Waals surface area contributed by atoms with Gasteiger partial charge >= 0.3 is 5.97 Å². The van der Waals surface area contributed by atoms with Crippen molar-refractivity contribution in [1.82, 2.24) is 0 Å². The molecule has 3 aromatic carbocycles. The highest BCUT2D eigenvalue weighted by molar-refractivity contribution is 6.35. The fourth-order valence-electron chi connectivity index (χ4n) is 3.17. The van der Waals surface area contributed by atoms with Crippen molar-refractivity contribution in [1.29, 1.82) is 0 Å². The van der Waals surface area contributed by atoms with Crippen LogP contribution >= 0.6 is 23.2 Å². The first-order chi connectivity index (χ1) is 16.7. The zero-order valence-corrected chi connectivity index (χ0v) is 20.7. The third kappa shape index (κ3) is 8.63. The number of carbonyl (C=O) groups excluding carboxylic acids is 3. The number of ether oxygens (including phenoxy) is 2. The van der Waals surface area contributed by atoms with E-state index >= 15 is 0 Å². The molecule has 0 atom stereocenters. The summed E-state index contributed by atoms with van der Waals surface area (Å²) in [4.78, 5) is 36.0. The molecule has 2 N–H and O–H groups in total. The van der Waals surface area contributed by atoms with Crippen molar-refractivity contribution in [2.45, 2.75) is 26.7 Å². The van der Waals surface area contributed by atoms with E-state index in [0.29, 0.717) is 27.2 Å². The van der Waals surface area contributed by atoms with E-state index in [1.165, 1.54) is 12.1 Å². The molecule has 182 valence electrons. The summed E-state index contributed by atoms with van der Waals surface area (Å²) in [5.74, 6) is -0.240. The van der Waals surface area contributed by atoms with Crippen molar-refractivity contribution < 1.29 is 23.9 Å². The van der Waals surface area contributed by atoms with Crippen LogP contribution in [0.5, 0.6) is 11.5 Å². The molecule has 2 amide bonds. The minimum Gasteiger partial charge on any atom is -0.457 e. The Morgan fingerprint density at radius 3 is 2.14 bits per heavy atom.